The van der Waals surface area contributed by atoms with Gasteiger partial charge in [-0.25, -0.2) is 4.79 Å². The standard InChI is InChI=1S/C16H12BrNO3/c17-13-8-6-12(7-9-13)15(19)18-14(16(20)21)10-11-4-2-1-3-5-11/h1-10H,(H,18,19)(H,20,21). The van der Waals surface area contributed by atoms with Crippen LogP contribution in [-0.4, -0.2) is 17.0 Å². The van der Waals surface area contributed by atoms with Gasteiger partial charge in [0.25, 0.3) is 5.91 Å². The van der Waals surface area contributed by atoms with Gasteiger partial charge in [-0.15, -0.1) is 0 Å². The van der Waals surface area contributed by atoms with Gasteiger partial charge in [0.05, 0.1) is 0 Å². The van der Waals surface area contributed by atoms with Gasteiger partial charge in [0, 0.05) is 10.0 Å². The Morgan fingerprint density at radius 2 is 1.62 bits per heavy atom. The van der Waals surface area contributed by atoms with E-state index >= 15 is 0 Å². The van der Waals surface area contributed by atoms with Crippen LogP contribution in [-0.2, 0) is 4.79 Å². The summed E-state index contributed by atoms with van der Waals surface area (Å²) in [6, 6.07) is 15.6. The number of hydrogen-bond acceptors (Lipinski definition) is 2. The first-order chi connectivity index (χ1) is 10.1. The van der Waals surface area contributed by atoms with Crippen LogP contribution in [0.1, 0.15) is 15.9 Å². The van der Waals surface area contributed by atoms with E-state index in [1.807, 2.05) is 6.07 Å². The molecule has 0 bridgehead atoms. The quantitative estimate of drug-likeness (QED) is 0.835. The van der Waals surface area contributed by atoms with Crippen molar-refractivity contribution in [1.82, 2.24) is 5.32 Å². The van der Waals surface area contributed by atoms with Crippen LogP contribution in [0.25, 0.3) is 6.08 Å². The molecule has 2 aromatic carbocycles. The highest BCUT2D eigenvalue weighted by atomic mass is 79.9. The summed E-state index contributed by atoms with van der Waals surface area (Å²) in [7, 11) is 0. The second-order valence-electron chi connectivity index (χ2n) is 4.23. The molecule has 0 heterocycles. The Labute approximate surface area is 130 Å². The predicted molar refractivity (Wildman–Crippen MR) is 83.7 cm³/mol. The summed E-state index contributed by atoms with van der Waals surface area (Å²) >= 11 is 3.28. The van der Waals surface area contributed by atoms with Crippen LogP contribution < -0.4 is 5.32 Å². The molecule has 0 aliphatic carbocycles. The first-order valence-corrected chi connectivity index (χ1v) is 6.92. The van der Waals surface area contributed by atoms with Crippen molar-refractivity contribution >= 4 is 33.9 Å². The molecule has 1 amide bonds. The minimum Gasteiger partial charge on any atom is -0.477 e. The first kappa shape index (κ1) is 15.0. The van der Waals surface area contributed by atoms with E-state index in [0.29, 0.717) is 11.1 Å². The van der Waals surface area contributed by atoms with E-state index in [-0.39, 0.29) is 5.70 Å². The Balaban J connectivity index is 2.21. The maximum absolute atomic E-state index is 12.0. The second kappa shape index (κ2) is 6.85. The van der Waals surface area contributed by atoms with Gasteiger partial charge in [-0.05, 0) is 35.9 Å². The average Bonchev–Trinajstić information content (AvgIpc) is 2.48. The summed E-state index contributed by atoms with van der Waals surface area (Å²) < 4.78 is 0.845. The molecule has 106 valence electrons. The SMILES string of the molecule is O=C(O)C(=Cc1ccccc1)NC(=O)c1ccc(Br)cc1. The molecule has 0 unspecified atom stereocenters. The topological polar surface area (TPSA) is 66.4 Å². The van der Waals surface area contributed by atoms with Crippen LogP contribution in [0.2, 0.25) is 0 Å². The summed E-state index contributed by atoms with van der Waals surface area (Å²) in [6.45, 7) is 0. The van der Waals surface area contributed by atoms with Crippen LogP contribution in [0.3, 0.4) is 0 Å². The Morgan fingerprint density at radius 3 is 2.19 bits per heavy atom. The predicted octanol–water partition coefficient (Wildman–Crippen LogP) is 3.30. The number of rotatable bonds is 4. The van der Waals surface area contributed by atoms with Crippen LogP contribution in [0.15, 0.2) is 64.8 Å². The molecule has 0 atom stereocenters. The normalized spacial score (nSPS) is 11.0. The van der Waals surface area contributed by atoms with Gasteiger partial charge in [0.2, 0.25) is 0 Å². The largest absolute Gasteiger partial charge is 0.477 e. The maximum atomic E-state index is 12.0. The van der Waals surface area contributed by atoms with Crippen LogP contribution in [0.4, 0.5) is 0 Å². The molecule has 2 N–H and O–H groups in total. The third-order valence-electron chi connectivity index (χ3n) is 2.70. The fourth-order valence-corrected chi connectivity index (χ4v) is 1.93. The van der Waals surface area contributed by atoms with E-state index in [1.165, 1.54) is 6.08 Å². The summed E-state index contributed by atoms with van der Waals surface area (Å²) in [5, 5.41) is 11.6. The van der Waals surface area contributed by atoms with Gasteiger partial charge >= 0.3 is 5.97 Å². The molecule has 0 saturated heterocycles. The minimum atomic E-state index is -1.19. The number of aliphatic carboxylic acids is 1. The number of carbonyl (C=O) groups is 2. The van der Waals surface area contributed by atoms with Crippen LogP contribution in [0.5, 0.6) is 0 Å². The number of carbonyl (C=O) groups excluding carboxylic acids is 1. The van der Waals surface area contributed by atoms with Crippen molar-refractivity contribution in [1.29, 1.82) is 0 Å². The Bertz CT molecular complexity index is 678. The summed E-state index contributed by atoms with van der Waals surface area (Å²) in [6.07, 6.45) is 1.42. The molecule has 0 fully saturated rings. The highest BCUT2D eigenvalue weighted by Gasteiger charge is 2.13. The van der Waals surface area contributed by atoms with E-state index in [2.05, 4.69) is 21.2 Å². The Kier molecular flexibility index (Phi) is 4.90. The molecule has 21 heavy (non-hydrogen) atoms. The van der Waals surface area contributed by atoms with Crippen molar-refractivity contribution in [3.8, 4) is 0 Å². The molecule has 2 rings (SSSR count). The molecule has 0 aromatic heterocycles. The van der Waals surface area contributed by atoms with Crippen molar-refractivity contribution in [3.05, 3.63) is 75.9 Å². The second-order valence-corrected chi connectivity index (χ2v) is 5.15. The van der Waals surface area contributed by atoms with Gasteiger partial charge in [0.15, 0.2) is 0 Å². The van der Waals surface area contributed by atoms with Crippen molar-refractivity contribution in [2.45, 2.75) is 0 Å². The minimum absolute atomic E-state index is 0.172. The third-order valence-corrected chi connectivity index (χ3v) is 3.22. The zero-order valence-corrected chi connectivity index (χ0v) is 12.5. The molecule has 5 heteroatoms. The molecular formula is C16H12BrNO3. The van der Waals surface area contributed by atoms with Crippen LogP contribution >= 0.6 is 15.9 Å². The highest BCUT2D eigenvalue weighted by molar-refractivity contribution is 9.10. The van der Waals surface area contributed by atoms with Crippen molar-refractivity contribution in [3.63, 3.8) is 0 Å². The average molecular weight is 346 g/mol. The molecule has 0 saturated carbocycles. The fraction of sp³-hybridized carbons (Fsp3) is 0. The third kappa shape index (κ3) is 4.29. The van der Waals surface area contributed by atoms with E-state index < -0.39 is 11.9 Å². The van der Waals surface area contributed by atoms with E-state index in [0.717, 1.165) is 4.47 Å². The molecule has 2 aromatic rings. The van der Waals surface area contributed by atoms with Crippen molar-refractivity contribution < 1.29 is 14.7 Å². The monoisotopic (exact) mass is 345 g/mol. The zero-order chi connectivity index (χ0) is 15.2. The molecule has 4 nitrogen and oxygen atoms in total. The molecule has 0 aliphatic heterocycles. The number of halogens is 1. The lowest BCUT2D eigenvalue weighted by atomic mass is 10.1. The van der Waals surface area contributed by atoms with E-state index in [9.17, 15) is 14.7 Å². The zero-order valence-electron chi connectivity index (χ0n) is 10.9. The Hall–Kier alpha value is -2.40. The molecule has 0 aliphatic rings. The number of benzene rings is 2. The highest BCUT2D eigenvalue weighted by Crippen LogP contribution is 2.11. The molecular weight excluding hydrogens is 334 g/mol. The van der Waals surface area contributed by atoms with Gasteiger partial charge < -0.3 is 10.4 Å². The summed E-state index contributed by atoms with van der Waals surface area (Å²) in [5.41, 5.74) is 0.915. The lowest BCUT2D eigenvalue weighted by molar-refractivity contribution is -0.132. The van der Waals surface area contributed by atoms with Crippen molar-refractivity contribution in [2.75, 3.05) is 0 Å². The van der Waals surface area contributed by atoms with E-state index in [1.54, 1.807) is 48.5 Å². The fourth-order valence-electron chi connectivity index (χ4n) is 1.66. The number of amides is 1. The van der Waals surface area contributed by atoms with Gasteiger partial charge in [-0.1, -0.05) is 46.3 Å². The maximum Gasteiger partial charge on any atom is 0.352 e. The first-order valence-electron chi connectivity index (χ1n) is 6.13. The van der Waals surface area contributed by atoms with Gasteiger partial charge in [0.1, 0.15) is 5.70 Å². The number of carboxylic acids is 1. The molecule has 0 radical (unpaired) electrons. The lowest BCUT2D eigenvalue weighted by Gasteiger charge is -2.06. The lowest BCUT2D eigenvalue weighted by Crippen LogP contribution is -2.27. The van der Waals surface area contributed by atoms with E-state index in [4.69, 9.17) is 0 Å². The number of hydrogen-bond donors (Lipinski definition) is 2. The van der Waals surface area contributed by atoms with Gasteiger partial charge in [-0.3, -0.25) is 4.79 Å². The Morgan fingerprint density at radius 1 is 1.00 bits per heavy atom. The summed E-state index contributed by atoms with van der Waals surface area (Å²) in [4.78, 5) is 23.3. The number of nitrogens with one attached hydrogen (secondary N) is 1. The van der Waals surface area contributed by atoms with Gasteiger partial charge in [-0.2, -0.15) is 0 Å². The van der Waals surface area contributed by atoms with Crippen molar-refractivity contribution in [2.24, 2.45) is 0 Å². The van der Waals surface area contributed by atoms with Crippen LogP contribution in [0, 0.1) is 0 Å². The smallest absolute Gasteiger partial charge is 0.352 e. The summed E-state index contributed by atoms with van der Waals surface area (Å²) in [5.74, 6) is -1.66. The number of carboxylic acid groups (broad SMARTS) is 1. The molecule has 0 spiro atoms.